The van der Waals surface area contributed by atoms with Crippen molar-refractivity contribution in [3.63, 3.8) is 0 Å². The fourth-order valence-electron chi connectivity index (χ4n) is 1.97. The summed E-state index contributed by atoms with van der Waals surface area (Å²) < 4.78 is 5.89. The minimum absolute atomic E-state index is 0.00645. The molecule has 1 aliphatic rings. The van der Waals surface area contributed by atoms with Crippen molar-refractivity contribution in [3.05, 3.63) is 0 Å². The molecule has 0 heterocycles. The maximum atomic E-state index is 6.05. The normalized spacial score (nSPS) is 23.1. The monoisotopic (exact) mass is 201 g/mol. The predicted octanol–water partition coefficient (Wildman–Crippen LogP) is 2.70. The molecule has 0 saturated heterocycles. The summed E-state index contributed by atoms with van der Waals surface area (Å²) in [6.07, 6.45) is 6.61. The van der Waals surface area contributed by atoms with Crippen LogP contribution in [0.25, 0.3) is 0 Å². The molecule has 3 heteroatoms. The molecular weight excluding hydrogens is 178 g/mol. The van der Waals surface area contributed by atoms with E-state index >= 15 is 0 Å². The van der Waals surface area contributed by atoms with Gasteiger partial charge in [-0.1, -0.05) is 19.3 Å². The molecule has 1 atom stereocenters. The van der Waals surface area contributed by atoms with E-state index < -0.39 is 8.32 Å². The van der Waals surface area contributed by atoms with Gasteiger partial charge in [-0.15, -0.1) is 0 Å². The fourth-order valence-corrected chi connectivity index (χ4v) is 2.98. The van der Waals surface area contributed by atoms with Crippen molar-refractivity contribution in [2.75, 3.05) is 0 Å². The molecule has 78 valence electrons. The van der Waals surface area contributed by atoms with Crippen molar-refractivity contribution in [2.24, 2.45) is 11.7 Å². The van der Waals surface area contributed by atoms with Crippen LogP contribution < -0.4 is 5.73 Å². The molecule has 1 aliphatic carbocycles. The average Bonchev–Trinajstić information content (AvgIpc) is 2.03. The highest BCUT2D eigenvalue weighted by Gasteiger charge is 2.26. The highest BCUT2D eigenvalue weighted by Crippen LogP contribution is 2.27. The summed E-state index contributed by atoms with van der Waals surface area (Å²) in [6, 6.07) is 0. The highest BCUT2D eigenvalue weighted by atomic mass is 28.4. The van der Waals surface area contributed by atoms with Crippen molar-refractivity contribution >= 4 is 8.32 Å². The maximum Gasteiger partial charge on any atom is 0.185 e. The van der Waals surface area contributed by atoms with Crippen molar-refractivity contribution in [1.29, 1.82) is 0 Å². The molecule has 13 heavy (non-hydrogen) atoms. The topological polar surface area (TPSA) is 35.2 Å². The molecule has 1 rings (SSSR count). The van der Waals surface area contributed by atoms with E-state index in [2.05, 4.69) is 19.6 Å². The summed E-state index contributed by atoms with van der Waals surface area (Å²) in [5.41, 5.74) is 6.05. The first-order chi connectivity index (χ1) is 5.99. The number of rotatable bonds is 3. The van der Waals surface area contributed by atoms with Crippen LogP contribution in [0.15, 0.2) is 0 Å². The van der Waals surface area contributed by atoms with Gasteiger partial charge in [-0.2, -0.15) is 0 Å². The van der Waals surface area contributed by atoms with Gasteiger partial charge in [-0.05, 0) is 38.4 Å². The van der Waals surface area contributed by atoms with Gasteiger partial charge < -0.3 is 10.2 Å². The van der Waals surface area contributed by atoms with E-state index in [1.807, 2.05) is 0 Å². The van der Waals surface area contributed by atoms with Crippen LogP contribution in [0.1, 0.15) is 32.1 Å². The van der Waals surface area contributed by atoms with Crippen LogP contribution in [0, 0.1) is 5.92 Å². The summed E-state index contributed by atoms with van der Waals surface area (Å²) in [4.78, 5) is 0. The van der Waals surface area contributed by atoms with Gasteiger partial charge in [0.1, 0.15) is 0 Å². The third kappa shape index (κ3) is 4.25. The van der Waals surface area contributed by atoms with Gasteiger partial charge in [-0.3, -0.25) is 0 Å². The lowest BCUT2D eigenvalue weighted by Crippen LogP contribution is -2.42. The first kappa shape index (κ1) is 11.2. The Morgan fingerprint density at radius 3 is 2.15 bits per heavy atom. The first-order valence-electron chi connectivity index (χ1n) is 5.42. The second-order valence-corrected chi connectivity index (χ2v) is 9.55. The van der Waals surface area contributed by atoms with Crippen molar-refractivity contribution in [3.8, 4) is 0 Å². The van der Waals surface area contributed by atoms with Gasteiger partial charge in [-0.25, -0.2) is 0 Å². The lowest BCUT2D eigenvalue weighted by atomic mass is 9.88. The Morgan fingerprint density at radius 1 is 1.15 bits per heavy atom. The van der Waals surface area contributed by atoms with Crippen LogP contribution in [0.2, 0.25) is 19.6 Å². The molecule has 2 nitrogen and oxygen atoms in total. The van der Waals surface area contributed by atoms with E-state index in [9.17, 15) is 0 Å². The molecular formula is C10H23NOSi. The van der Waals surface area contributed by atoms with Crippen LogP contribution in [0.3, 0.4) is 0 Å². The summed E-state index contributed by atoms with van der Waals surface area (Å²) in [5.74, 6) is 0.625. The molecule has 0 aliphatic heterocycles. The lowest BCUT2D eigenvalue weighted by molar-refractivity contribution is 0.107. The first-order valence-corrected chi connectivity index (χ1v) is 8.83. The predicted molar refractivity (Wildman–Crippen MR) is 59.0 cm³/mol. The van der Waals surface area contributed by atoms with Gasteiger partial charge >= 0.3 is 0 Å². The van der Waals surface area contributed by atoms with Crippen LogP contribution in [0.5, 0.6) is 0 Å². The Morgan fingerprint density at radius 2 is 1.69 bits per heavy atom. The minimum atomic E-state index is -1.43. The maximum absolute atomic E-state index is 6.05. The van der Waals surface area contributed by atoms with E-state index in [0.29, 0.717) is 5.92 Å². The molecule has 2 N–H and O–H groups in total. The fraction of sp³-hybridized carbons (Fsp3) is 1.00. The number of hydrogen-bond acceptors (Lipinski definition) is 2. The smallest absolute Gasteiger partial charge is 0.185 e. The van der Waals surface area contributed by atoms with Gasteiger partial charge in [0.15, 0.2) is 8.32 Å². The lowest BCUT2D eigenvalue weighted by Gasteiger charge is -2.32. The zero-order valence-corrected chi connectivity index (χ0v) is 10.2. The molecule has 0 amide bonds. The standard InChI is InChI=1S/C10H23NOSi/c1-13(2,3)12-10(11)9-7-5-4-6-8-9/h9-10H,4-8,11H2,1-3H3. The van der Waals surface area contributed by atoms with Crippen molar-refractivity contribution in [2.45, 2.75) is 58.0 Å². The highest BCUT2D eigenvalue weighted by molar-refractivity contribution is 6.69. The number of nitrogens with two attached hydrogens (primary N) is 1. The van der Waals surface area contributed by atoms with Gasteiger partial charge in [0.25, 0.3) is 0 Å². The van der Waals surface area contributed by atoms with Crippen molar-refractivity contribution in [1.82, 2.24) is 0 Å². The van der Waals surface area contributed by atoms with Crippen molar-refractivity contribution < 1.29 is 4.43 Å². The van der Waals surface area contributed by atoms with Crippen LogP contribution in [-0.4, -0.2) is 14.5 Å². The summed E-state index contributed by atoms with van der Waals surface area (Å²) in [5, 5.41) is 0. The van der Waals surface area contributed by atoms with E-state index in [-0.39, 0.29) is 6.23 Å². The molecule has 0 spiro atoms. The molecule has 0 aromatic heterocycles. The zero-order valence-electron chi connectivity index (χ0n) is 9.18. The third-order valence-corrected chi connectivity index (χ3v) is 3.58. The van der Waals surface area contributed by atoms with Crippen LogP contribution >= 0.6 is 0 Å². The molecule has 1 saturated carbocycles. The molecule has 0 aromatic carbocycles. The second kappa shape index (κ2) is 4.58. The quantitative estimate of drug-likeness (QED) is 0.563. The van der Waals surface area contributed by atoms with Crippen LogP contribution in [-0.2, 0) is 4.43 Å². The molecule has 1 unspecified atom stereocenters. The Bertz CT molecular complexity index is 149. The Hall–Kier alpha value is 0.137. The number of hydrogen-bond donors (Lipinski definition) is 1. The average molecular weight is 201 g/mol. The van der Waals surface area contributed by atoms with E-state index in [4.69, 9.17) is 10.2 Å². The Balaban J connectivity index is 2.33. The SMILES string of the molecule is C[Si](C)(C)OC(N)C1CCCCC1. The molecule has 0 aromatic rings. The van der Waals surface area contributed by atoms with Gasteiger partial charge in [0, 0.05) is 0 Å². The van der Waals surface area contributed by atoms with E-state index in [1.54, 1.807) is 0 Å². The molecule has 0 radical (unpaired) electrons. The van der Waals surface area contributed by atoms with E-state index in [1.165, 1.54) is 32.1 Å². The van der Waals surface area contributed by atoms with Gasteiger partial charge in [0.2, 0.25) is 0 Å². The Labute approximate surface area is 83.0 Å². The van der Waals surface area contributed by atoms with Crippen LogP contribution in [0.4, 0.5) is 0 Å². The third-order valence-electron chi connectivity index (χ3n) is 2.60. The van der Waals surface area contributed by atoms with Gasteiger partial charge in [0.05, 0.1) is 6.23 Å². The summed E-state index contributed by atoms with van der Waals surface area (Å²) >= 11 is 0. The Kier molecular flexibility index (Phi) is 3.95. The summed E-state index contributed by atoms with van der Waals surface area (Å²) in [7, 11) is -1.43. The zero-order chi connectivity index (χ0) is 9.90. The second-order valence-electron chi connectivity index (χ2n) is 5.09. The largest absolute Gasteiger partial charge is 0.402 e. The summed E-state index contributed by atoms with van der Waals surface area (Å²) in [6.45, 7) is 6.61. The minimum Gasteiger partial charge on any atom is -0.402 e. The van der Waals surface area contributed by atoms with E-state index in [0.717, 1.165) is 0 Å². The molecule has 1 fully saturated rings. The molecule has 0 bridgehead atoms.